The highest BCUT2D eigenvalue weighted by Crippen LogP contribution is 2.25. The quantitative estimate of drug-likeness (QED) is 0.458. The van der Waals surface area contributed by atoms with E-state index in [4.69, 9.17) is 4.74 Å². The molecule has 3 aliphatic heterocycles. The topological polar surface area (TPSA) is 82.2 Å². The maximum absolute atomic E-state index is 12.3. The molecule has 0 aromatic carbocycles. The Kier molecular flexibility index (Phi) is 9.16. The minimum absolute atomic E-state index is 0.201. The Hall–Kier alpha value is -2.61. The van der Waals surface area contributed by atoms with Crippen LogP contribution in [0.2, 0.25) is 0 Å². The van der Waals surface area contributed by atoms with E-state index in [1.54, 1.807) is 6.08 Å². The van der Waals surface area contributed by atoms with Crippen molar-refractivity contribution in [2.75, 3.05) is 45.8 Å². The van der Waals surface area contributed by atoms with E-state index in [1.807, 2.05) is 32.6 Å². The third-order valence-electron chi connectivity index (χ3n) is 7.01. The molecule has 1 atom stereocenters. The lowest BCUT2D eigenvalue weighted by atomic mass is 9.89. The number of ether oxygens (including phenoxy) is 1. The van der Waals surface area contributed by atoms with Gasteiger partial charge in [-0.1, -0.05) is 18.7 Å². The zero-order valence-electron chi connectivity index (χ0n) is 21.8. The van der Waals surface area contributed by atoms with Crippen molar-refractivity contribution in [2.45, 2.75) is 59.0 Å². The summed E-state index contributed by atoms with van der Waals surface area (Å²) in [5.74, 6) is -0.160. The first kappa shape index (κ1) is 27.0. The maximum Gasteiger partial charge on any atom is 0.410 e. The first-order chi connectivity index (χ1) is 16.6. The number of hydrogen-bond acceptors (Lipinski definition) is 6. The molecule has 3 aliphatic rings. The van der Waals surface area contributed by atoms with Crippen molar-refractivity contribution in [3.63, 3.8) is 0 Å². The predicted octanol–water partition coefficient (Wildman–Crippen LogP) is 3.32. The van der Waals surface area contributed by atoms with Crippen LogP contribution in [0, 0.1) is 11.8 Å². The number of nitrogens with one attached hydrogen (secondary N) is 1. The lowest BCUT2D eigenvalue weighted by Crippen LogP contribution is -2.49. The SMILES string of the molecule is C=C/C(=C\C(=C/C)N1CCN(CC2CCN(C(=O)OC(C)(C)C)CC2)CC1)C1CCC(=O)NC1=O. The Morgan fingerprint density at radius 1 is 1.06 bits per heavy atom. The molecule has 0 aromatic rings. The third kappa shape index (κ3) is 7.69. The molecule has 0 aliphatic carbocycles. The van der Waals surface area contributed by atoms with Crippen molar-refractivity contribution in [3.8, 4) is 0 Å². The van der Waals surface area contributed by atoms with Crippen LogP contribution < -0.4 is 5.32 Å². The lowest BCUT2D eigenvalue weighted by Gasteiger charge is -2.40. The molecule has 1 unspecified atom stereocenters. The molecular weight excluding hydrogens is 444 g/mol. The van der Waals surface area contributed by atoms with Gasteiger partial charge in [0.1, 0.15) is 5.60 Å². The number of imide groups is 1. The van der Waals surface area contributed by atoms with Crippen molar-refractivity contribution >= 4 is 17.9 Å². The van der Waals surface area contributed by atoms with E-state index in [0.29, 0.717) is 18.8 Å². The number of hydrogen-bond donors (Lipinski definition) is 1. The van der Waals surface area contributed by atoms with E-state index in [9.17, 15) is 14.4 Å². The van der Waals surface area contributed by atoms with Crippen molar-refractivity contribution in [1.82, 2.24) is 20.0 Å². The van der Waals surface area contributed by atoms with Gasteiger partial charge in [-0.15, -0.1) is 0 Å². The van der Waals surface area contributed by atoms with Crippen molar-refractivity contribution in [1.29, 1.82) is 0 Å². The Morgan fingerprint density at radius 3 is 2.26 bits per heavy atom. The highest BCUT2D eigenvalue weighted by Gasteiger charge is 2.30. The van der Waals surface area contributed by atoms with Crippen LogP contribution in [0.3, 0.4) is 0 Å². The molecule has 0 saturated carbocycles. The van der Waals surface area contributed by atoms with Gasteiger partial charge in [-0.3, -0.25) is 19.8 Å². The molecule has 1 N–H and O–H groups in total. The van der Waals surface area contributed by atoms with Gasteiger partial charge in [0.25, 0.3) is 0 Å². The molecule has 3 fully saturated rings. The Morgan fingerprint density at radius 2 is 1.71 bits per heavy atom. The predicted molar refractivity (Wildman–Crippen MR) is 136 cm³/mol. The monoisotopic (exact) mass is 486 g/mol. The van der Waals surface area contributed by atoms with Gasteiger partial charge >= 0.3 is 6.09 Å². The molecule has 0 bridgehead atoms. The van der Waals surface area contributed by atoms with Gasteiger partial charge in [-0.05, 0) is 64.5 Å². The molecule has 35 heavy (non-hydrogen) atoms. The van der Waals surface area contributed by atoms with Crippen LogP contribution in [0.1, 0.15) is 53.4 Å². The fraction of sp³-hybridized carbons (Fsp3) is 0.667. The van der Waals surface area contributed by atoms with E-state index < -0.39 is 5.60 Å². The molecule has 0 aromatic heterocycles. The van der Waals surface area contributed by atoms with E-state index in [0.717, 1.165) is 69.9 Å². The van der Waals surface area contributed by atoms with Gasteiger partial charge in [-0.25, -0.2) is 4.79 Å². The molecular formula is C27H42N4O4. The average molecular weight is 487 g/mol. The van der Waals surface area contributed by atoms with Gasteiger partial charge in [0, 0.05) is 57.9 Å². The minimum atomic E-state index is -0.455. The van der Waals surface area contributed by atoms with E-state index in [2.05, 4.69) is 33.8 Å². The summed E-state index contributed by atoms with van der Waals surface area (Å²) < 4.78 is 5.51. The second kappa shape index (κ2) is 11.9. The lowest BCUT2D eigenvalue weighted by molar-refractivity contribution is -0.135. The zero-order valence-corrected chi connectivity index (χ0v) is 21.8. The van der Waals surface area contributed by atoms with Crippen molar-refractivity contribution in [3.05, 3.63) is 36.1 Å². The van der Waals surface area contributed by atoms with E-state index in [-0.39, 0.29) is 23.8 Å². The summed E-state index contributed by atoms with van der Waals surface area (Å²) in [5.41, 5.74) is 1.50. The minimum Gasteiger partial charge on any atom is -0.444 e. The molecule has 0 radical (unpaired) electrons. The summed E-state index contributed by atoms with van der Waals surface area (Å²) in [7, 11) is 0. The van der Waals surface area contributed by atoms with Gasteiger partial charge in [0.15, 0.2) is 0 Å². The highest BCUT2D eigenvalue weighted by atomic mass is 16.6. The second-order valence-electron chi connectivity index (χ2n) is 10.8. The summed E-state index contributed by atoms with van der Waals surface area (Å²) in [6.45, 7) is 18.0. The number of amides is 3. The molecule has 8 heteroatoms. The number of piperidine rings is 2. The summed E-state index contributed by atoms with van der Waals surface area (Å²) in [5, 5.41) is 2.44. The zero-order chi connectivity index (χ0) is 25.6. The number of rotatable bonds is 6. The number of piperazine rings is 1. The van der Waals surface area contributed by atoms with Gasteiger partial charge in [0.2, 0.25) is 11.8 Å². The highest BCUT2D eigenvalue weighted by molar-refractivity contribution is 6.00. The molecule has 0 spiro atoms. The standard InChI is InChI=1S/C27H42N4O4/c1-6-21(23-8-9-24(32)28-25(23)33)18-22(7-2)30-16-14-29(15-17-30)19-20-10-12-31(13-11-20)26(34)35-27(3,4)5/h6-7,18,20,23H,1,8-17,19H2,2-5H3,(H,28,32,33)/b21-18+,22-7+. The van der Waals surface area contributed by atoms with Gasteiger partial charge in [-0.2, -0.15) is 0 Å². The van der Waals surface area contributed by atoms with Crippen LogP contribution in [-0.4, -0.2) is 84.0 Å². The Bertz CT molecular complexity index is 857. The van der Waals surface area contributed by atoms with Crippen LogP contribution in [0.15, 0.2) is 36.1 Å². The first-order valence-electron chi connectivity index (χ1n) is 12.9. The number of likely N-dealkylation sites (tertiary alicyclic amines) is 1. The third-order valence-corrected chi connectivity index (χ3v) is 7.01. The molecule has 3 heterocycles. The molecule has 194 valence electrons. The number of carbonyl (C=O) groups is 3. The molecule has 8 nitrogen and oxygen atoms in total. The average Bonchev–Trinajstić information content (AvgIpc) is 2.81. The number of allylic oxidation sites excluding steroid dienone is 3. The fourth-order valence-electron chi connectivity index (χ4n) is 5.02. The van der Waals surface area contributed by atoms with Crippen molar-refractivity contribution < 1.29 is 19.1 Å². The second-order valence-corrected chi connectivity index (χ2v) is 10.8. The molecule has 3 rings (SSSR count). The van der Waals surface area contributed by atoms with Crippen LogP contribution in [-0.2, 0) is 14.3 Å². The van der Waals surface area contributed by atoms with E-state index >= 15 is 0 Å². The largest absolute Gasteiger partial charge is 0.444 e. The van der Waals surface area contributed by atoms with Crippen LogP contribution in [0.4, 0.5) is 4.79 Å². The fourth-order valence-corrected chi connectivity index (χ4v) is 5.02. The summed E-state index contributed by atoms with van der Waals surface area (Å²) >= 11 is 0. The smallest absolute Gasteiger partial charge is 0.410 e. The first-order valence-corrected chi connectivity index (χ1v) is 12.9. The van der Waals surface area contributed by atoms with E-state index in [1.165, 1.54) is 0 Å². The summed E-state index contributed by atoms with van der Waals surface area (Å²) in [6, 6.07) is 0. The van der Waals surface area contributed by atoms with Gasteiger partial charge < -0.3 is 14.5 Å². The van der Waals surface area contributed by atoms with Gasteiger partial charge in [0.05, 0.1) is 5.92 Å². The van der Waals surface area contributed by atoms with Crippen LogP contribution >= 0.6 is 0 Å². The normalized spacial score (nSPS) is 23.8. The van der Waals surface area contributed by atoms with Crippen LogP contribution in [0.25, 0.3) is 0 Å². The van der Waals surface area contributed by atoms with Crippen LogP contribution in [0.5, 0.6) is 0 Å². The molecule has 3 saturated heterocycles. The Labute approximate surface area is 210 Å². The maximum atomic E-state index is 12.3. The Balaban J connectivity index is 1.47. The molecule has 3 amide bonds. The summed E-state index contributed by atoms with van der Waals surface area (Å²) in [6.07, 6.45) is 8.58. The van der Waals surface area contributed by atoms with Crippen molar-refractivity contribution in [2.24, 2.45) is 11.8 Å². The number of carbonyl (C=O) groups excluding carboxylic acids is 3. The number of nitrogens with zero attached hydrogens (tertiary/aromatic N) is 3. The summed E-state index contributed by atoms with van der Waals surface area (Å²) in [4.78, 5) is 42.8.